The molecule has 0 aliphatic rings. The third-order valence-electron chi connectivity index (χ3n) is 2.15. The third kappa shape index (κ3) is 3.31. The Labute approximate surface area is 94.5 Å². The minimum atomic E-state index is -0.872. The van der Waals surface area contributed by atoms with Crippen molar-refractivity contribution < 1.29 is 14.3 Å². The molecule has 0 unspecified atom stereocenters. The van der Waals surface area contributed by atoms with Crippen LogP contribution in [0.2, 0.25) is 0 Å². The van der Waals surface area contributed by atoms with E-state index in [0.717, 1.165) is 0 Å². The van der Waals surface area contributed by atoms with Gasteiger partial charge in [-0.25, -0.2) is 4.39 Å². The molecule has 88 valence electrons. The number of aliphatic hydroxyl groups is 1. The molecule has 0 amide bonds. The smallest absolute Gasteiger partial charge is 0.152 e. The quantitative estimate of drug-likeness (QED) is 0.795. The van der Waals surface area contributed by atoms with Gasteiger partial charge in [0.15, 0.2) is 6.29 Å². The minimum Gasteiger partial charge on any atom is -0.389 e. The highest BCUT2D eigenvalue weighted by Gasteiger charge is 2.17. The Morgan fingerprint density at radius 1 is 1.50 bits per heavy atom. The van der Waals surface area contributed by atoms with Crippen LogP contribution < -0.4 is 4.90 Å². The summed E-state index contributed by atoms with van der Waals surface area (Å²) in [6.07, 6.45) is 0.610. The van der Waals surface area contributed by atoms with Crippen molar-refractivity contribution in [2.75, 3.05) is 18.5 Å². The van der Waals surface area contributed by atoms with Gasteiger partial charge in [-0.1, -0.05) is 0 Å². The van der Waals surface area contributed by atoms with Gasteiger partial charge in [0.1, 0.15) is 5.82 Å². The Morgan fingerprint density at radius 3 is 2.62 bits per heavy atom. The standard InChI is InChI=1S/C12H16FNO2/c1-12(2,16)8-14(3)11-5-4-10(13)6-9(11)7-15/h4-7,16H,8H2,1-3H3. The summed E-state index contributed by atoms with van der Waals surface area (Å²) in [5.41, 5.74) is 0.0220. The number of likely N-dealkylation sites (N-methyl/N-ethyl adjacent to an activating group) is 1. The van der Waals surface area contributed by atoms with Crippen molar-refractivity contribution in [3.05, 3.63) is 29.6 Å². The molecule has 0 radical (unpaired) electrons. The second-order valence-electron chi connectivity index (χ2n) is 4.49. The lowest BCUT2D eigenvalue weighted by molar-refractivity contribution is 0.0884. The predicted octanol–water partition coefficient (Wildman–Crippen LogP) is 1.85. The number of hydrogen-bond acceptors (Lipinski definition) is 3. The number of hydrogen-bond donors (Lipinski definition) is 1. The van der Waals surface area contributed by atoms with Crippen LogP contribution in [-0.2, 0) is 0 Å². The van der Waals surface area contributed by atoms with Gasteiger partial charge in [0.2, 0.25) is 0 Å². The second kappa shape index (κ2) is 4.61. The summed E-state index contributed by atoms with van der Waals surface area (Å²) in [5, 5.41) is 9.66. The molecular weight excluding hydrogens is 209 g/mol. The molecule has 0 heterocycles. The number of benzene rings is 1. The normalized spacial score (nSPS) is 11.3. The number of carbonyl (C=O) groups excluding carboxylic acids is 1. The first-order valence-electron chi connectivity index (χ1n) is 5.02. The lowest BCUT2D eigenvalue weighted by Gasteiger charge is -2.28. The molecule has 3 nitrogen and oxygen atoms in total. The van der Waals surface area contributed by atoms with Gasteiger partial charge < -0.3 is 10.0 Å². The van der Waals surface area contributed by atoms with Gasteiger partial charge >= 0.3 is 0 Å². The molecule has 1 rings (SSSR count). The predicted molar refractivity (Wildman–Crippen MR) is 61.4 cm³/mol. The van der Waals surface area contributed by atoms with Crippen molar-refractivity contribution >= 4 is 12.0 Å². The Hall–Kier alpha value is -1.42. The molecule has 1 aromatic carbocycles. The van der Waals surface area contributed by atoms with E-state index in [-0.39, 0.29) is 5.56 Å². The van der Waals surface area contributed by atoms with Crippen molar-refractivity contribution in [3.8, 4) is 0 Å². The molecule has 0 aliphatic carbocycles. The van der Waals surface area contributed by atoms with Gasteiger partial charge in [0.05, 0.1) is 5.60 Å². The largest absolute Gasteiger partial charge is 0.389 e. The molecule has 0 fully saturated rings. The van der Waals surface area contributed by atoms with Gasteiger partial charge in [-0.15, -0.1) is 0 Å². The summed E-state index contributed by atoms with van der Waals surface area (Å²) in [4.78, 5) is 12.5. The second-order valence-corrected chi connectivity index (χ2v) is 4.49. The van der Waals surface area contributed by atoms with Crippen LogP contribution in [-0.4, -0.2) is 30.6 Å². The molecule has 1 aromatic rings. The van der Waals surface area contributed by atoms with Crippen LogP contribution >= 0.6 is 0 Å². The summed E-state index contributed by atoms with van der Waals surface area (Å²) in [5.74, 6) is -0.442. The molecule has 0 spiro atoms. The molecule has 0 aliphatic heterocycles. The fourth-order valence-electron chi connectivity index (χ4n) is 1.63. The van der Waals surface area contributed by atoms with Crippen LogP contribution in [0.25, 0.3) is 0 Å². The maximum Gasteiger partial charge on any atom is 0.152 e. The van der Waals surface area contributed by atoms with E-state index in [2.05, 4.69) is 0 Å². The highest BCUT2D eigenvalue weighted by Crippen LogP contribution is 2.20. The molecular formula is C12H16FNO2. The average molecular weight is 225 g/mol. The summed E-state index contributed by atoms with van der Waals surface area (Å²) in [7, 11) is 1.75. The van der Waals surface area contributed by atoms with Crippen LogP contribution in [0.3, 0.4) is 0 Å². The summed E-state index contributed by atoms with van der Waals surface area (Å²) in [6, 6.07) is 4.01. The van der Waals surface area contributed by atoms with Crippen molar-refractivity contribution in [3.63, 3.8) is 0 Å². The van der Waals surface area contributed by atoms with Crippen LogP contribution in [0.15, 0.2) is 18.2 Å². The topological polar surface area (TPSA) is 40.5 Å². The molecule has 0 saturated heterocycles. The van der Waals surface area contributed by atoms with Gasteiger partial charge in [-0.3, -0.25) is 4.79 Å². The zero-order valence-electron chi connectivity index (χ0n) is 9.70. The first kappa shape index (κ1) is 12.6. The molecule has 16 heavy (non-hydrogen) atoms. The van der Waals surface area contributed by atoms with E-state index in [1.165, 1.54) is 18.2 Å². The number of aldehydes is 1. The van der Waals surface area contributed by atoms with Crippen LogP contribution in [0.1, 0.15) is 24.2 Å². The van der Waals surface area contributed by atoms with Gasteiger partial charge in [0.25, 0.3) is 0 Å². The number of rotatable bonds is 4. The molecule has 0 aromatic heterocycles. The minimum absolute atomic E-state index is 0.284. The molecule has 0 saturated carbocycles. The van der Waals surface area contributed by atoms with Crippen LogP contribution in [0.4, 0.5) is 10.1 Å². The monoisotopic (exact) mass is 225 g/mol. The molecule has 0 bridgehead atoms. The Morgan fingerprint density at radius 2 is 2.12 bits per heavy atom. The van der Waals surface area contributed by atoms with Gasteiger partial charge in [0, 0.05) is 24.8 Å². The van der Waals surface area contributed by atoms with Crippen molar-refractivity contribution in [2.24, 2.45) is 0 Å². The van der Waals surface area contributed by atoms with E-state index < -0.39 is 11.4 Å². The van der Waals surface area contributed by atoms with E-state index in [1.807, 2.05) is 0 Å². The highest BCUT2D eigenvalue weighted by molar-refractivity contribution is 5.84. The van der Waals surface area contributed by atoms with Gasteiger partial charge in [-0.2, -0.15) is 0 Å². The fraction of sp³-hybridized carbons (Fsp3) is 0.417. The van der Waals surface area contributed by atoms with Crippen LogP contribution in [0, 0.1) is 5.82 Å². The lowest BCUT2D eigenvalue weighted by Crippen LogP contribution is -2.36. The maximum atomic E-state index is 12.9. The Bertz CT molecular complexity index is 385. The van der Waals surface area contributed by atoms with Crippen LogP contribution in [0.5, 0.6) is 0 Å². The highest BCUT2D eigenvalue weighted by atomic mass is 19.1. The lowest BCUT2D eigenvalue weighted by atomic mass is 10.1. The van der Waals surface area contributed by atoms with Crippen molar-refractivity contribution in [1.82, 2.24) is 0 Å². The van der Waals surface area contributed by atoms with Crippen molar-refractivity contribution in [1.29, 1.82) is 0 Å². The molecule has 1 N–H and O–H groups in total. The summed E-state index contributed by atoms with van der Waals surface area (Å²) < 4.78 is 12.9. The summed E-state index contributed by atoms with van der Waals surface area (Å²) in [6.45, 7) is 3.71. The SMILES string of the molecule is CN(CC(C)(C)O)c1ccc(F)cc1C=O. The number of carbonyl (C=O) groups is 1. The van der Waals surface area contributed by atoms with E-state index in [4.69, 9.17) is 0 Å². The van der Waals surface area contributed by atoms with E-state index in [1.54, 1.807) is 25.8 Å². The number of nitrogens with zero attached hydrogens (tertiary/aromatic N) is 1. The van der Waals surface area contributed by atoms with Gasteiger partial charge in [-0.05, 0) is 32.0 Å². The zero-order chi connectivity index (χ0) is 12.3. The van der Waals surface area contributed by atoms with E-state index in [9.17, 15) is 14.3 Å². The average Bonchev–Trinajstić information content (AvgIpc) is 2.14. The first-order chi connectivity index (χ1) is 7.33. The number of halogens is 1. The van der Waals surface area contributed by atoms with E-state index in [0.29, 0.717) is 18.5 Å². The number of anilines is 1. The molecule has 0 atom stereocenters. The zero-order valence-corrected chi connectivity index (χ0v) is 9.70. The van der Waals surface area contributed by atoms with E-state index >= 15 is 0 Å². The first-order valence-corrected chi connectivity index (χ1v) is 5.02. The van der Waals surface area contributed by atoms with Crippen molar-refractivity contribution in [2.45, 2.75) is 19.4 Å². The fourth-order valence-corrected chi connectivity index (χ4v) is 1.63. The summed E-state index contributed by atoms with van der Waals surface area (Å²) >= 11 is 0. The molecule has 4 heteroatoms. The third-order valence-corrected chi connectivity index (χ3v) is 2.15. The Balaban J connectivity index is 2.99. The Kier molecular flexibility index (Phi) is 3.65. The maximum absolute atomic E-state index is 12.9.